The van der Waals surface area contributed by atoms with Crippen LogP contribution in [0, 0.1) is 0 Å². The lowest BCUT2D eigenvalue weighted by atomic mass is 9.74. The van der Waals surface area contributed by atoms with Crippen LogP contribution in [0.25, 0.3) is 0 Å². The van der Waals surface area contributed by atoms with Gasteiger partial charge in [0, 0.05) is 16.6 Å². The third-order valence-electron chi connectivity index (χ3n) is 4.39. The first-order valence-electron chi connectivity index (χ1n) is 6.97. The molecule has 2 unspecified atom stereocenters. The molecular weight excluding hydrogens is 305 g/mol. The summed E-state index contributed by atoms with van der Waals surface area (Å²) in [6.45, 7) is 0. The minimum Gasteiger partial charge on any atom is -0.325 e. The highest BCUT2D eigenvalue weighted by atomic mass is 35.5. The summed E-state index contributed by atoms with van der Waals surface area (Å²) in [5, 5.41) is 3.28. The minimum atomic E-state index is -0.159. The molecule has 0 spiro atoms. The Morgan fingerprint density at radius 2 is 2.00 bits per heavy atom. The standard InChI is InChI=1S/C17H13Cl2NO/c18-14-8-15-10(7-16(21)20-15)6-13(14)17(19)12-5-9-3-1-2-4-11(9)12/h1-4,6,8,12,17H,5,7H2,(H,20,21). The molecule has 0 fully saturated rings. The van der Waals surface area contributed by atoms with Gasteiger partial charge >= 0.3 is 0 Å². The van der Waals surface area contributed by atoms with Crippen LogP contribution in [-0.4, -0.2) is 5.91 Å². The summed E-state index contributed by atoms with van der Waals surface area (Å²) in [6, 6.07) is 12.2. The van der Waals surface area contributed by atoms with E-state index in [-0.39, 0.29) is 11.3 Å². The topological polar surface area (TPSA) is 29.1 Å². The van der Waals surface area contributed by atoms with Crippen LogP contribution in [0.5, 0.6) is 0 Å². The number of anilines is 1. The summed E-state index contributed by atoms with van der Waals surface area (Å²) >= 11 is 13.1. The van der Waals surface area contributed by atoms with Crippen LogP contribution >= 0.6 is 23.2 Å². The lowest BCUT2D eigenvalue weighted by molar-refractivity contribution is -0.115. The summed E-state index contributed by atoms with van der Waals surface area (Å²) < 4.78 is 0. The molecule has 2 atom stereocenters. The van der Waals surface area contributed by atoms with Crippen LogP contribution < -0.4 is 5.32 Å². The van der Waals surface area contributed by atoms with Crippen molar-refractivity contribution in [3.05, 3.63) is 63.7 Å². The van der Waals surface area contributed by atoms with Gasteiger partial charge in [0.15, 0.2) is 0 Å². The van der Waals surface area contributed by atoms with Crippen molar-refractivity contribution in [3.63, 3.8) is 0 Å². The van der Waals surface area contributed by atoms with E-state index in [1.165, 1.54) is 11.1 Å². The van der Waals surface area contributed by atoms with E-state index in [0.717, 1.165) is 23.2 Å². The maximum absolute atomic E-state index is 11.5. The largest absolute Gasteiger partial charge is 0.325 e. The molecule has 2 aromatic carbocycles. The normalized spacial score (nSPS) is 20.3. The van der Waals surface area contributed by atoms with E-state index >= 15 is 0 Å². The highest BCUT2D eigenvalue weighted by molar-refractivity contribution is 6.33. The first kappa shape index (κ1) is 13.2. The molecule has 0 aromatic heterocycles. The Labute approximate surface area is 133 Å². The summed E-state index contributed by atoms with van der Waals surface area (Å²) in [4.78, 5) is 11.5. The van der Waals surface area contributed by atoms with Crippen molar-refractivity contribution in [1.82, 2.24) is 0 Å². The first-order chi connectivity index (χ1) is 10.1. The van der Waals surface area contributed by atoms with Crippen molar-refractivity contribution in [2.75, 3.05) is 5.32 Å². The molecule has 2 nitrogen and oxygen atoms in total. The van der Waals surface area contributed by atoms with Crippen molar-refractivity contribution in [1.29, 1.82) is 0 Å². The number of hydrogen-bond acceptors (Lipinski definition) is 1. The zero-order chi connectivity index (χ0) is 14.6. The molecule has 1 aliphatic heterocycles. The molecule has 4 heteroatoms. The zero-order valence-electron chi connectivity index (χ0n) is 11.2. The first-order valence-corrected chi connectivity index (χ1v) is 7.79. The monoisotopic (exact) mass is 317 g/mol. The number of benzene rings is 2. The van der Waals surface area contributed by atoms with E-state index in [9.17, 15) is 4.79 Å². The van der Waals surface area contributed by atoms with Gasteiger partial charge in [-0.3, -0.25) is 4.79 Å². The van der Waals surface area contributed by atoms with Crippen molar-refractivity contribution < 1.29 is 4.79 Å². The van der Waals surface area contributed by atoms with E-state index in [2.05, 4.69) is 23.5 Å². The van der Waals surface area contributed by atoms with Crippen molar-refractivity contribution >= 4 is 34.8 Å². The average Bonchev–Trinajstić information content (AvgIpc) is 2.78. The highest BCUT2D eigenvalue weighted by Gasteiger charge is 2.34. The predicted octanol–water partition coefficient (Wildman–Crippen LogP) is 4.45. The molecule has 1 amide bonds. The predicted molar refractivity (Wildman–Crippen MR) is 85.3 cm³/mol. The fourth-order valence-electron chi connectivity index (χ4n) is 3.25. The van der Waals surface area contributed by atoms with Crippen LogP contribution in [0.2, 0.25) is 5.02 Å². The van der Waals surface area contributed by atoms with Crippen LogP contribution in [0.1, 0.15) is 33.5 Å². The van der Waals surface area contributed by atoms with E-state index < -0.39 is 0 Å². The lowest BCUT2D eigenvalue weighted by Gasteiger charge is -2.34. The molecule has 1 heterocycles. The van der Waals surface area contributed by atoms with Crippen molar-refractivity contribution in [2.45, 2.75) is 24.1 Å². The van der Waals surface area contributed by atoms with Gasteiger partial charge in [-0.25, -0.2) is 0 Å². The highest BCUT2D eigenvalue weighted by Crippen LogP contribution is 2.49. The quantitative estimate of drug-likeness (QED) is 0.814. The lowest BCUT2D eigenvalue weighted by Crippen LogP contribution is -2.21. The summed E-state index contributed by atoms with van der Waals surface area (Å²) in [5.74, 6) is 0.307. The third-order valence-corrected chi connectivity index (χ3v) is 5.26. The Morgan fingerprint density at radius 3 is 2.81 bits per heavy atom. The number of alkyl halides is 1. The molecule has 2 aromatic rings. The Balaban J connectivity index is 1.69. The van der Waals surface area contributed by atoms with Gasteiger partial charge in [0.1, 0.15) is 0 Å². The fraction of sp³-hybridized carbons (Fsp3) is 0.235. The van der Waals surface area contributed by atoms with Gasteiger partial charge in [0.2, 0.25) is 5.91 Å². The molecule has 0 saturated heterocycles. The third kappa shape index (κ3) is 2.05. The summed E-state index contributed by atoms with van der Waals surface area (Å²) in [7, 11) is 0. The molecule has 21 heavy (non-hydrogen) atoms. The van der Waals surface area contributed by atoms with Crippen LogP contribution in [0.15, 0.2) is 36.4 Å². The number of amides is 1. The summed E-state index contributed by atoms with van der Waals surface area (Å²) in [6.07, 6.45) is 1.39. The number of carbonyl (C=O) groups excluding carboxylic acids is 1. The second-order valence-electron chi connectivity index (χ2n) is 5.67. The zero-order valence-corrected chi connectivity index (χ0v) is 12.7. The molecule has 106 valence electrons. The Morgan fingerprint density at radius 1 is 1.19 bits per heavy atom. The van der Waals surface area contributed by atoms with Gasteiger partial charge in [-0.2, -0.15) is 0 Å². The van der Waals surface area contributed by atoms with Crippen LogP contribution in [0.3, 0.4) is 0 Å². The van der Waals surface area contributed by atoms with Gasteiger partial charge in [0.05, 0.1) is 11.8 Å². The van der Waals surface area contributed by atoms with Gasteiger partial charge in [-0.1, -0.05) is 41.9 Å². The van der Waals surface area contributed by atoms with Gasteiger partial charge < -0.3 is 5.32 Å². The Kier molecular flexibility index (Phi) is 2.98. The molecule has 0 radical (unpaired) electrons. The smallest absolute Gasteiger partial charge is 0.228 e. The second kappa shape index (κ2) is 4.75. The van der Waals surface area contributed by atoms with Gasteiger partial charge in [-0.15, -0.1) is 11.6 Å². The molecule has 0 bridgehead atoms. The number of nitrogens with one attached hydrogen (secondary N) is 1. The molecule has 1 N–H and O–H groups in total. The van der Waals surface area contributed by atoms with Crippen molar-refractivity contribution in [3.8, 4) is 0 Å². The summed E-state index contributed by atoms with van der Waals surface area (Å²) in [5.41, 5.74) is 5.39. The van der Waals surface area contributed by atoms with E-state index in [1.807, 2.05) is 18.2 Å². The number of halogens is 2. The van der Waals surface area contributed by atoms with Gasteiger partial charge in [-0.05, 0) is 34.7 Å². The second-order valence-corrected chi connectivity index (χ2v) is 6.54. The molecule has 2 aliphatic rings. The minimum absolute atomic E-state index is 0.0123. The van der Waals surface area contributed by atoms with E-state index in [4.69, 9.17) is 23.2 Å². The van der Waals surface area contributed by atoms with Crippen LogP contribution in [-0.2, 0) is 17.6 Å². The number of fused-ring (bicyclic) bond motifs is 2. The molecule has 1 aliphatic carbocycles. The number of carbonyl (C=O) groups is 1. The Hall–Kier alpha value is -1.51. The number of hydrogen-bond donors (Lipinski definition) is 1. The van der Waals surface area contributed by atoms with E-state index in [1.54, 1.807) is 0 Å². The maximum atomic E-state index is 11.5. The van der Waals surface area contributed by atoms with Crippen LogP contribution in [0.4, 0.5) is 5.69 Å². The molecular formula is C17H13Cl2NO. The fourth-order valence-corrected chi connectivity index (χ4v) is 4.00. The molecule has 0 saturated carbocycles. The van der Waals surface area contributed by atoms with E-state index in [0.29, 0.717) is 17.4 Å². The average molecular weight is 318 g/mol. The Bertz CT molecular complexity index is 756. The maximum Gasteiger partial charge on any atom is 0.228 e. The van der Waals surface area contributed by atoms with Crippen molar-refractivity contribution in [2.24, 2.45) is 0 Å². The number of rotatable bonds is 2. The van der Waals surface area contributed by atoms with Gasteiger partial charge in [0.25, 0.3) is 0 Å². The molecule has 4 rings (SSSR count). The SMILES string of the molecule is O=C1Cc2cc(C(Cl)C3Cc4ccccc43)c(Cl)cc2N1.